The van der Waals surface area contributed by atoms with Crippen molar-refractivity contribution in [2.45, 2.75) is 128 Å². The second kappa shape index (κ2) is 11.5. The van der Waals surface area contributed by atoms with Gasteiger partial charge in [0.05, 0.1) is 24.9 Å². The number of allylic oxidation sites excluding steroid dienone is 2. The summed E-state index contributed by atoms with van der Waals surface area (Å²) in [6.45, 7) is 13.4. The summed E-state index contributed by atoms with van der Waals surface area (Å²) in [6, 6.07) is 0. The topological polar surface area (TPSA) is 85.2 Å². The van der Waals surface area contributed by atoms with Crippen LogP contribution < -0.4 is 0 Å². The minimum absolute atomic E-state index is 0.0723. The maximum absolute atomic E-state index is 11.8. The van der Waals surface area contributed by atoms with E-state index in [1.807, 2.05) is 25.2 Å². The minimum atomic E-state index is -1.97. The van der Waals surface area contributed by atoms with E-state index in [1.165, 1.54) is 32.1 Å². The summed E-state index contributed by atoms with van der Waals surface area (Å²) in [4.78, 5) is 11.8. The predicted molar refractivity (Wildman–Crippen MR) is 140 cm³/mol. The Hall–Kier alpha value is -1.15. The highest BCUT2D eigenvalue weighted by molar-refractivity contribution is 6.74. The average molecular weight is 509 g/mol. The number of ether oxygens (including phenoxy) is 2. The van der Waals surface area contributed by atoms with Crippen LogP contribution in [0.2, 0.25) is 18.1 Å². The highest BCUT2D eigenvalue weighted by atomic mass is 28.4. The Morgan fingerprint density at radius 2 is 1.89 bits per heavy atom. The first-order valence-electron chi connectivity index (χ1n) is 13.6. The molecule has 1 heterocycles. The molecule has 3 aliphatic rings. The van der Waals surface area contributed by atoms with Gasteiger partial charge in [-0.15, -0.1) is 0 Å². The molecule has 6 atom stereocenters. The summed E-state index contributed by atoms with van der Waals surface area (Å²) >= 11 is 0. The van der Waals surface area contributed by atoms with E-state index in [9.17, 15) is 15.0 Å². The fourth-order valence-electron chi connectivity index (χ4n) is 5.98. The zero-order chi connectivity index (χ0) is 25.9. The largest absolute Gasteiger partial charge is 0.481 e. The van der Waals surface area contributed by atoms with Crippen LogP contribution in [0, 0.1) is 17.3 Å². The van der Waals surface area contributed by atoms with Gasteiger partial charge in [0.25, 0.3) is 0 Å². The van der Waals surface area contributed by atoms with Crippen molar-refractivity contribution >= 4 is 14.3 Å². The molecule has 2 fully saturated rings. The molecule has 200 valence electrons. The quantitative estimate of drug-likeness (QED) is 0.332. The van der Waals surface area contributed by atoms with E-state index < -0.39 is 32.1 Å². The minimum Gasteiger partial charge on any atom is -0.481 e. The van der Waals surface area contributed by atoms with Gasteiger partial charge in [-0.25, -0.2) is 0 Å². The fraction of sp³-hybridized carbons (Fsp3) is 0.821. The maximum Gasteiger partial charge on any atom is 0.304 e. The first kappa shape index (κ1) is 28.4. The molecule has 0 amide bonds. The molecule has 0 aromatic rings. The number of carbonyl (C=O) groups is 1. The molecule has 0 aromatic heterocycles. The molecule has 2 unspecified atom stereocenters. The molecule has 0 bridgehead atoms. The third-order valence-corrected chi connectivity index (χ3v) is 13.7. The van der Waals surface area contributed by atoms with E-state index in [0.29, 0.717) is 12.3 Å². The first-order valence-corrected chi connectivity index (χ1v) is 16.5. The van der Waals surface area contributed by atoms with Crippen molar-refractivity contribution in [3.05, 3.63) is 24.5 Å². The number of hydrogen-bond acceptors (Lipinski definition) is 5. The average Bonchev–Trinajstić information content (AvgIpc) is 2.99. The molecule has 2 N–H and O–H groups in total. The van der Waals surface area contributed by atoms with Gasteiger partial charge in [0.1, 0.15) is 0 Å². The molecule has 35 heavy (non-hydrogen) atoms. The van der Waals surface area contributed by atoms with E-state index in [4.69, 9.17) is 13.9 Å². The van der Waals surface area contributed by atoms with Crippen LogP contribution in [0.3, 0.4) is 0 Å². The number of hydrogen-bond donors (Lipinski definition) is 2. The second-order valence-corrected chi connectivity index (χ2v) is 17.5. The van der Waals surface area contributed by atoms with E-state index in [2.05, 4.69) is 33.9 Å². The Balaban J connectivity index is 1.81. The molecule has 3 rings (SSSR count). The molecule has 0 saturated heterocycles. The van der Waals surface area contributed by atoms with Crippen molar-refractivity contribution in [1.29, 1.82) is 0 Å². The van der Waals surface area contributed by atoms with Crippen LogP contribution in [0.1, 0.15) is 85.5 Å². The van der Waals surface area contributed by atoms with Gasteiger partial charge in [-0.05, 0) is 67.8 Å². The Bertz CT molecular complexity index is 766. The van der Waals surface area contributed by atoms with Crippen LogP contribution in [-0.4, -0.2) is 49.1 Å². The van der Waals surface area contributed by atoms with Gasteiger partial charge in [-0.2, -0.15) is 0 Å². The molecule has 2 saturated carbocycles. The lowest BCUT2D eigenvalue weighted by atomic mass is 9.72. The summed E-state index contributed by atoms with van der Waals surface area (Å²) in [5.74, 6) is -0.426. The summed E-state index contributed by atoms with van der Waals surface area (Å²) < 4.78 is 18.9. The van der Waals surface area contributed by atoms with Gasteiger partial charge in [0.15, 0.2) is 8.32 Å². The van der Waals surface area contributed by atoms with E-state index in [1.54, 1.807) is 6.26 Å². The van der Waals surface area contributed by atoms with Crippen LogP contribution in [0.4, 0.5) is 0 Å². The van der Waals surface area contributed by atoms with E-state index in [-0.39, 0.29) is 29.6 Å². The lowest BCUT2D eigenvalue weighted by Crippen LogP contribution is -2.46. The van der Waals surface area contributed by atoms with Crippen molar-refractivity contribution in [2.24, 2.45) is 17.3 Å². The fourth-order valence-corrected chi connectivity index (χ4v) is 7.40. The molecule has 6 nitrogen and oxygen atoms in total. The number of rotatable bonds is 10. The summed E-state index contributed by atoms with van der Waals surface area (Å²) in [5.41, 5.74) is -0.751. The molecule has 1 aliphatic heterocycles. The van der Waals surface area contributed by atoms with Gasteiger partial charge in [-0.1, -0.05) is 53.0 Å². The zero-order valence-electron chi connectivity index (χ0n) is 22.7. The smallest absolute Gasteiger partial charge is 0.304 e. The summed E-state index contributed by atoms with van der Waals surface area (Å²) in [5, 5.41) is 20.9. The number of aliphatic hydroxyl groups is 1. The van der Waals surface area contributed by atoms with Gasteiger partial charge in [0, 0.05) is 17.9 Å². The first-order chi connectivity index (χ1) is 16.3. The van der Waals surface area contributed by atoms with Crippen molar-refractivity contribution in [3.63, 3.8) is 0 Å². The predicted octanol–water partition coefficient (Wildman–Crippen LogP) is 6.41. The molecule has 2 aliphatic carbocycles. The molecule has 0 radical (unpaired) electrons. The van der Waals surface area contributed by atoms with Crippen molar-refractivity contribution < 1.29 is 28.9 Å². The standard InChI is InChI=1S/C28H48O6Si/c1-27(2,3)35(5,6)34-22(20-12-8-7-9-13-20)16-15-21-23(33-26-14-10-11-17-32-26)18-24(29)28(21,4)19-25(30)31/h10-11,14,17,20-24,26,29H,7-9,12-13,15-16,18-19H2,1-6H3,(H,30,31)/t21-,22?,23-,24+,26-,28?/m1/s1. The lowest BCUT2D eigenvalue weighted by molar-refractivity contribution is -0.145. The molecule has 7 heteroatoms. The number of aliphatic carboxylic acids is 1. The van der Waals surface area contributed by atoms with Gasteiger partial charge in [0.2, 0.25) is 6.29 Å². The highest BCUT2D eigenvalue weighted by Gasteiger charge is 2.54. The zero-order valence-corrected chi connectivity index (χ0v) is 23.7. The number of carboxylic acid groups (broad SMARTS) is 1. The van der Waals surface area contributed by atoms with E-state index >= 15 is 0 Å². The number of carboxylic acids is 1. The third kappa shape index (κ3) is 6.99. The van der Waals surface area contributed by atoms with Gasteiger partial charge >= 0.3 is 5.97 Å². The van der Waals surface area contributed by atoms with Gasteiger partial charge in [-0.3, -0.25) is 4.79 Å². The third-order valence-electron chi connectivity index (χ3n) is 9.21. The maximum atomic E-state index is 11.8. The van der Waals surface area contributed by atoms with Crippen LogP contribution in [0.5, 0.6) is 0 Å². The Morgan fingerprint density at radius 1 is 1.20 bits per heavy atom. The monoisotopic (exact) mass is 508 g/mol. The van der Waals surface area contributed by atoms with Crippen molar-refractivity contribution in [2.75, 3.05) is 0 Å². The Kier molecular flexibility index (Phi) is 9.33. The number of aliphatic hydroxyl groups excluding tert-OH is 1. The molecule has 0 spiro atoms. The Morgan fingerprint density at radius 3 is 2.46 bits per heavy atom. The van der Waals surface area contributed by atoms with Crippen LogP contribution in [-0.2, 0) is 18.7 Å². The molecular weight excluding hydrogens is 460 g/mol. The molecule has 0 aromatic carbocycles. The molecular formula is C28H48O6Si. The highest BCUT2D eigenvalue weighted by Crippen LogP contribution is 2.51. The lowest BCUT2D eigenvalue weighted by Gasteiger charge is -2.43. The van der Waals surface area contributed by atoms with Crippen molar-refractivity contribution in [3.8, 4) is 0 Å². The summed E-state index contributed by atoms with van der Waals surface area (Å²) in [6.07, 6.45) is 14.0. The Labute approximate surface area is 213 Å². The normalized spacial score (nSPS) is 33.0. The SMILES string of the molecule is CC1(CC(=O)O)[C@H](CCC(O[Si](C)(C)C(C)(C)C)C2CCCCC2)[C@H](O[C@@H]2C=CC=CO2)C[C@@H]1O. The van der Waals surface area contributed by atoms with Crippen LogP contribution in [0.25, 0.3) is 0 Å². The van der Waals surface area contributed by atoms with Crippen LogP contribution >= 0.6 is 0 Å². The van der Waals surface area contributed by atoms with Crippen LogP contribution in [0.15, 0.2) is 24.5 Å². The van der Waals surface area contributed by atoms with E-state index in [0.717, 1.165) is 12.8 Å². The summed E-state index contributed by atoms with van der Waals surface area (Å²) in [7, 11) is -1.97. The second-order valence-electron chi connectivity index (χ2n) is 12.7. The van der Waals surface area contributed by atoms with Gasteiger partial charge < -0.3 is 24.1 Å². The van der Waals surface area contributed by atoms with Crippen molar-refractivity contribution in [1.82, 2.24) is 0 Å².